The quantitative estimate of drug-likeness (QED) is 0.679. The molecule has 1 N–H and O–H groups in total. The molecule has 0 heterocycles. The van der Waals surface area contributed by atoms with Crippen molar-refractivity contribution in [2.45, 2.75) is 0 Å². The van der Waals surface area contributed by atoms with Crippen molar-refractivity contribution in [1.82, 2.24) is 0 Å². The molecule has 114 valence electrons. The van der Waals surface area contributed by atoms with Gasteiger partial charge in [-0.25, -0.2) is 4.39 Å². The van der Waals surface area contributed by atoms with E-state index in [1.54, 1.807) is 6.07 Å². The zero-order chi connectivity index (χ0) is 16.1. The van der Waals surface area contributed by atoms with Gasteiger partial charge < -0.3 is 14.6 Å². The number of halogens is 1. The van der Waals surface area contributed by atoms with Crippen LogP contribution in [0.4, 0.5) is 4.39 Å². The molecule has 0 bridgehead atoms. The number of allylic oxidation sites excluding steroid dienone is 1. The van der Waals surface area contributed by atoms with Crippen LogP contribution in [-0.4, -0.2) is 25.1 Å². The third-order valence-corrected chi connectivity index (χ3v) is 3.07. The standard InChI is InChI=1S/C17H15FO4/c1-21-16-8-4-11(9-13(16)18)3-6-14(19)12-5-7-15(20)17(10-12)22-2/h3-10,20H,1-2H3. The van der Waals surface area contributed by atoms with Gasteiger partial charge in [-0.2, -0.15) is 0 Å². The summed E-state index contributed by atoms with van der Waals surface area (Å²) in [5, 5.41) is 9.50. The number of methoxy groups -OCH3 is 2. The van der Waals surface area contributed by atoms with E-state index in [4.69, 9.17) is 9.47 Å². The number of ether oxygens (including phenoxy) is 2. The molecule has 0 aliphatic heterocycles. The number of carbonyl (C=O) groups excluding carboxylic acids is 1. The van der Waals surface area contributed by atoms with Crippen molar-refractivity contribution < 1.29 is 23.8 Å². The van der Waals surface area contributed by atoms with Gasteiger partial charge in [0.05, 0.1) is 14.2 Å². The lowest BCUT2D eigenvalue weighted by Gasteiger charge is -2.04. The van der Waals surface area contributed by atoms with Crippen LogP contribution in [0.5, 0.6) is 17.2 Å². The van der Waals surface area contributed by atoms with Crippen LogP contribution < -0.4 is 9.47 Å². The maximum atomic E-state index is 13.6. The van der Waals surface area contributed by atoms with E-state index in [-0.39, 0.29) is 23.0 Å². The van der Waals surface area contributed by atoms with E-state index in [0.717, 1.165) is 0 Å². The van der Waals surface area contributed by atoms with Crippen molar-refractivity contribution in [3.05, 3.63) is 59.4 Å². The Morgan fingerprint density at radius 2 is 1.82 bits per heavy atom. The molecule has 0 aromatic heterocycles. The highest BCUT2D eigenvalue weighted by atomic mass is 19.1. The van der Waals surface area contributed by atoms with E-state index < -0.39 is 5.82 Å². The molecule has 0 fully saturated rings. The smallest absolute Gasteiger partial charge is 0.185 e. The van der Waals surface area contributed by atoms with Crippen LogP contribution in [0, 0.1) is 5.82 Å². The molecule has 0 aliphatic carbocycles. The fraction of sp³-hybridized carbons (Fsp3) is 0.118. The average molecular weight is 302 g/mol. The van der Waals surface area contributed by atoms with Crippen LogP contribution in [-0.2, 0) is 0 Å². The third-order valence-electron chi connectivity index (χ3n) is 3.07. The fourth-order valence-electron chi connectivity index (χ4n) is 1.89. The Kier molecular flexibility index (Phi) is 4.78. The minimum absolute atomic E-state index is 0.0414. The average Bonchev–Trinajstić information content (AvgIpc) is 2.53. The summed E-state index contributed by atoms with van der Waals surface area (Å²) in [5.74, 6) is -0.459. The normalized spacial score (nSPS) is 10.7. The lowest BCUT2D eigenvalue weighted by molar-refractivity contribution is 0.104. The van der Waals surface area contributed by atoms with E-state index in [9.17, 15) is 14.3 Å². The van der Waals surface area contributed by atoms with Gasteiger partial charge in [-0.05, 0) is 42.0 Å². The summed E-state index contributed by atoms with van der Waals surface area (Å²) in [6.07, 6.45) is 2.83. The molecule has 0 saturated carbocycles. The van der Waals surface area contributed by atoms with Crippen molar-refractivity contribution in [3.8, 4) is 17.2 Å². The van der Waals surface area contributed by atoms with Crippen molar-refractivity contribution in [3.63, 3.8) is 0 Å². The number of hydrogen-bond donors (Lipinski definition) is 1. The lowest BCUT2D eigenvalue weighted by Crippen LogP contribution is -1.95. The van der Waals surface area contributed by atoms with Crippen LogP contribution in [0.1, 0.15) is 15.9 Å². The van der Waals surface area contributed by atoms with Crippen LogP contribution in [0.15, 0.2) is 42.5 Å². The second-order valence-corrected chi connectivity index (χ2v) is 4.48. The minimum Gasteiger partial charge on any atom is -0.504 e. The van der Waals surface area contributed by atoms with Crippen LogP contribution in [0.2, 0.25) is 0 Å². The largest absolute Gasteiger partial charge is 0.504 e. The molecule has 0 spiro atoms. The van der Waals surface area contributed by atoms with Gasteiger partial charge in [-0.15, -0.1) is 0 Å². The van der Waals surface area contributed by atoms with E-state index in [2.05, 4.69) is 0 Å². The number of benzene rings is 2. The summed E-state index contributed by atoms with van der Waals surface area (Å²) in [5.41, 5.74) is 0.900. The van der Waals surface area contributed by atoms with Gasteiger partial charge in [0.1, 0.15) is 0 Å². The zero-order valence-electron chi connectivity index (χ0n) is 12.2. The van der Waals surface area contributed by atoms with E-state index in [0.29, 0.717) is 11.1 Å². The Bertz CT molecular complexity index is 723. The first-order valence-electron chi connectivity index (χ1n) is 6.48. The molecule has 22 heavy (non-hydrogen) atoms. The van der Waals surface area contributed by atoms with Crippen LogP contribution in [0.3, 0.4) is 0 Å². The van der Waals surface area contributed by atoms with E-state index in [1.165, 1.54) is 56.7 Å². The number of rotatable bonds is 5. The summed E-state index contributed by atoms with van der Waals surface area (Å²) in [6, 6.07) is 8.72. The Hall–Kier alpha value is -2.82. The second kappa shape index (κ2) is 6.76. The molecule has 2 rings (SSSR count). The molecule has 0 unspecified atom stereocenters. The van der Waals surface area contributed by atoms with Crippen molar-refractivity contribution in [2.75, 3.05) is 14.2 Å². The molecule has 2 aromatic rings. The number of phenols is 1. The number of carbonyl (C=O) groups is 1. The first-order chi connectivity index (χ1) is 10.5. The number of ketones is 1. The van der Waals surface area contributed by atoms with Gasteiger partial charge in [-0.1, -0.05) is 12.1 Å². The van der Waals surface area contributed by atoms with Crippen molar-refractivity contribution >= 4 is 11.9 Å². The molecule has 0 atom stereocenters. The first-order valence-corrected chi connectivity index (χ1v) is 6.48. The molecule has 5 heteroatoms. The number of aromatic hydroxyl groups is 1. The van der Waals surface area contributed by atoms with Gasteiger partial charge in [-0.3, -0.25) is 4.79 Å². The third kappa shape index (κ3) is 3.44. The number of hydrogen-bond acceptors (Lipinski definition) is 4. The van der Waals surface area contributed by atoms with Crippen molar-refractivity contribution in [2.24, 2.45) is 0 Å². The first kappa shape index (κ1) is 15.6. The highest BCUT2D eigenvalue weighted by Gasteiger charge is 2.07. The van der Waals surface area contributed by atoms with Gasteiger partial charge in [0.15, 0.2) is 28.8 Å². The molecule has 4 nitrogen and oxygen atoms in total. The summed E-state index contributed by atoms with van der Waals surface area (Å²) in [6.45, 7) is 0. The summed E-state index contributed by atoms with van der Waals surface area (Å²) < 4.78 is 23.3. The predicted molar refractivity (Wildman–Crippen MR) is 81.0 cm³/mol. The second-order valence-electron chi connectivity index (χ2n) is 4.48. The number of phenolic OH excluding ortho intramolecular Hbond substituents is 1. The van der Waals surface area contributed by atoms with Crippen LogP contribution >= 0.6 is 0 Å². The Morgan fingerprint density at radius 1 is 1.09 bits per heavy atom. The molecule has 0 amide bonds. The minimum atomic E-state index is -0.497. The molecular formula is C17H15FO4. The van der Waals surface area contributed by atoms with E-state index in [1.807, 2.05) is 0 Å². The zero-order valence-corrected chi connectivity index (χ0v) is 12.2. The topological polar surface area (TPSA) is 55.8 Å². The Labute approximate surface area is 127 Å². The molecule has 0 aliphatic rings. The highest BCUT2D eigenvalue weighted by molar-refractivity contribution is 6.07. The van der Waals surface area contributed by atoms with Crippen LogP contribution in [0.25, 0.3) is 6.08 Å². The van der Waals surface area contributed by atoms with E-state index >= 15 is 0 Å². The maximum Gasteiger partial charge on any atom is 0.185 e. The maximum absolute atomic E-state index is 13.6. The lowest BCUT2D eigenvalue weighted by atomic mass is 10.1. The van der Waals surface area contributed by atoms with Gasteiger partial charge >= 0.3 is 0 Å². The molecule has 0 saturated heterocycles. The Morgan fingerprint density at radius 3 is 2.45 bits per heavy atom. The van der Waals surface area contributed by atoms with Gasteiger partial charge in [0, 0.05) is 5.56 Å². The molecular weight excluding hydrogens is 287 g/mol. The Balaban J connectivity index is 2.19. The fourth-order valence-corrected chi connectivity index (χ4v) is 1.89. The summed E-state index contributed by atoms with van der Waals surface area (Å²) >= 11 is 0. The van der Waals surface area contributed by atoms with Gasteiger partial charge in [0.2, 0.25) is 0 Å². The molecule has 2 aromatic carbocycles. The molecule has 0 radical (unpaired) electrons. The van der Waals surface area contributed by atoms with Gasteiger partial charge in [0.25, 0.3) is 0 Å². The van der Waals surface area contributed by atoms with Crippen molar-refractivity contribution in [1.29, 1.82) is 0 Å². The monoisotopic (exact) mass is 302 g/mol. The predicted octanol–water partition coefficient (Wildman–Crippen LogP) is 3.44. The SMILES string of the molecule is COc1cc(C(=O)C=Cc2ccc(OC)c(F)c2)ccc1O. The summed E-state index contributed by atoms with van der Waals surface area (Å²) in [4.78, 5) is 12.1. The highest BCUT2D eigenvalue weighted by Crippen LogP contribution is 2.26. The summed E-state index contributed by atoms with van der Waals surface area (Å²) in [7, 11) is 2.79.